The summed E-state index contributed by atoms with van der Waals surface area (Å²) in [4.78, 5) is 12.9. The summed E-state index contributed by atoms with van der Waals surface area (Å²) in [5.74, 6) is -0.0465. The number of hydrogen-bond acceptors (Lipinski definition) is 2. The predicted octanol–water partition coefficient (Wildman–Crippen LogP) is 6.04. The lowest BCUT2D eigenvalue weighted by atomic mass is 9.98. The van der Waals surface area contributed by atoms with Gasteiger partial charge >= 0.3 is 15.6 Å². The number of rotatable bonds is 4. The molecule has 3 rings (SSSR count). The molecule has 0 radical (unpaired) electrons. The van der Waals surface area contributed by atoms with E-state index in [0.717, 1.165) is 51.4 Å². The van der Waals surface area contributed by atoms with Gasteiger partial charge in [-0.1, -0.05) is 44.9 Å². The summed E-state index contributed by atoms with van der Waals surface area (Å²) in [5.41, 5.74) is -5.34. The fraction of sp³-hybridized carbons (Fsp3) is 0.947. The predicted molar refractivity (Wildman–Crippen MR) is 106 cm³/mol. The summed E-state index contributed by atoms with van der Waals surface area (Å²) >= 11 is 0. The Labute approximate surface area is 167 Å². The lowest BCUT2D eigenvalue weighted by Gasteiger charge is -2.46. The zero-order valence-corrected chi connectivity index (χ0v) is 17.9. The lowest BCUT2D eigenvalue weighted by Crippen LogP contribution is -2.45. The molecule has 3 aliphatic carbocycles. The van der Waals surface area contributed by atoms with Gasteiger partial charge in [-0.05, 0) is 38.5 Å². The smallest absolute Gasteiger partial charge is 0.298 e. The summed E-state index contributed by atoms with van der Waals surface area (Å²) < 4.78 is 68.2. The Kier molecular flexibility index (Phi) is 7.07. The molecule has 0 aromatic rings. The first kappa shape index (κ1) is 22.4. The van der Waals surface area contributed by atoms with Crippen molar-refractivity contribution in [1.29, 1.82) is 0 Å². The van der Waals surface area contributed by atoms with E-state index in [9.17, 15) is 26.7 Å². The summed E-state index contributed by atoms with van der Waals surface area (Å²) in [7, 11) is -8.18. The molecule has 0 aromatic carbocycles. The van der Waals surface area contributed by atoms with Gasteiger partial charge in [0.05, 0.1) is 10.5 Å². The molecule has 0 spiro atoms. The summed E-state index contributed by atoms with van der Waals surface area (Å²) in [5, 5.41) is -0.999. The van der Waals surface area contributed by atoms with Crippen molar-refractivity contribution in [2.45, 2.75) is 111 Å². The molecule has 0 aromatic heterocycles. The van der Waals surface area contributed by atoms with Crippen molar-refractivity contribution in [2.24, 2.45) is 0 Å². The monoisotopic (exact) mass is 445 g/mol. The number of alkyl halides is 3. The van der Waals surface area contributed by atoms with Crippen LogP contribution in [0.3, 0.4) is 0 Å². The molecule has 0 saturated heterocycles. The average Bonchev–Trinajstić information content (AvgIpc) is 2.67. The van der Waals surface area contributed by atoms with Crippen LogP contribution in [0.25, 0.3) is 0 Å². The highest BCUT2D eigenvalue weighted by atomic mass is 32.3. The third-order valence-electron chi connectivity index (χ3n) is 6.59. The van der Waals surface area contributed by atoms with Crippen LogP contribution in [0.5, 0.6) is 0 Å². The number of carbonyl (C=O) groups excluding carboxylic acids is 1. The summed E-state index contributed by atoms with van der Waals surface area (Å²) in [6.45, 7) is 0. The molecule has 2 unspecified atom stereocenters. The molecular formula is C19H32F3O4S2+. The fourth-order valence-electron chi connectivity index (χ4n) is 5.30. The topological polar surface area (TPSA) is 65.7 Å². The largest absolute Gasteiger partial charge is 0.576 e. The Morgan fingerprint density at radius 3 is 1.71 bits per heavy atom. The van der Waals surface area contributed by atoms with Crippen molar-refractivity contribution < 1.29 is 30.0 Å². The number of ketones is 1. The van der Waals surface area contributed by atoms with Crippen LogP contribution in [0.2, 0.25) is 0 Å². The Bertz CT molecular complexity index is 655. The Morgan fingerprint density at radius 1 is 0.821 bits per heavy atom. The highest BCUT2D eigenvalue weighted by Gasteiger charge is 2.63. The van der Waals surface area contributed by atoms with E-state index in [1.54, 1.807) is 0 Å². The first-order valence-electron chi connectivity index (χ1n) is 10.5. The van der Waals surface area contributed by atoms with Crippen LogP contribution in [0.1, 0.15) is 89.9 Å². The third-order valence-corrected chi connectivity index (χ3v) is 13.3. The number of carbonyl (C=O) groups is 1. The minimum Gasteiger partial charge on any atom is -0.298 e. The van der Waals surface area contributed by atoms with Gasteiger partial charge in [-0.2, -0.15) is 13.2 Å². The molecule has 0 heterocycles. The molecule has 1 N–H and O–H groups in total. The molecular weight excluding hydrogens is 413 g/mol. The SMILES string of the molecule is O=C1CCCCC1S([O+]=S(=O)(O)C(F)(F)F)(C1CCCCC1)C1CCCCC1. The highest BCUT2D eigenvalue weighted by Crippen LogP contribution is 2.68. The first-order chi connectivity index (χ1) is 13.2. The van der Waals surface area contributed by atoms with Gasteiger partial charge in [0.1, 0.15) is 15.6 Å². The second kappa shape index (κ2) is 8.84. The number of Topliss-reactive ketones (excluding diaryl/α,β-unsaturated/α-hetero) is 1. The van der Waals surface area contributed by atoms with E-state index in [2.05, 4.69) is 0 Å². The Balaban J connectivity index is 2.19. The van der Waals surface area contributed by atoms with Crippen molar-refractivity contribution in [2.75, 3.05) is 0 Å². The van der Waals surface area contributed by atoms with E-state index >= 15 is 0 Å². The second-order valence-electron chi connectivity index (χ2n) is 8.41. The maximum Gasteiger partial charge on any atom is 0.576 e. The maximum absolute atomic E-state index is 13.4. The summed E-state index contributed by atoms with van der Waals surface area (Å²) in [6, 6.07) is 0. The van der Waals surface area contributed by atoms with Crippen molar-refractivity contribution >= 4 is 26.2 Å². The van der Waals surface area contributed by atoms with Crippen molar-refractivity contribution in [3.05, 3.63) is 0 Å². The fourth-order valence-corrected chi connectivity index (χ4v) is 12.8. The van der Waals surface area contributed by atoms with E-state index in [0.29, 0.717) is 38.5 Å². The van der Waals surface area contributed by atoms with Gasteiger partial charge in [0.2, 0.25) is 0 Å². The molecule has 3 aliphatic rings. The molecule has 0 bridgehead atoms. The quantitative estimate of drug-likeness (QED) is 0.326. The number of hydrogen-bond donors (Lipinski definition) is 1. The minimum absolute atomic E-state index is 0.0465. The summed E-state index contributed by atoms with van der Waals surface area (Å²) in [6.07, 6.45) is 10.7. The zero-order valence-electron chi connectivity index (χ0n) is 16.3. The van der Waals surface area contributed by atoms with Crippen molar-refractivity contribution in [1.82, 2.24) is 0 Å². The van der Waals surface area contributed by atoms with Crippen molar-refractivity contribution in [3.63, 3.8) is 0 Å². The Hall–Kier alpha value is -0.280. The third kappa shape index (κ3) is 4.41. The van der Waals surface area contributed by atoms with Gasteiger partial charge in [-0.3, -0.25) is 4.79 Å². The first-order valence-corrected chi connectivity index (χ1v) is 13.7. The number of halogens is 3. The molecule has 2 atom stereocenters. The molecule has 0 aliphatic heterocycles. The van der Waals surface area contributed by atoms with E-state index in [4.69, 9.17) is 3.29 Å². The van der Waals surface area contributed by atoms with Crippen molar-refractivity contribution in [3.8, 4) is 0 Å². The maximum atomic E-state index is 13.4. The van der Waals surface area contributed by atoms with E-state index in [-0.39, 0.29) is 16.3 Å². The normalized spacial score (nSPS) is 29.3. The van der Waals surface area contributed by atoms with Crippen LogP contribution in [-0.4, -0.2) is 35.8 Å². The van der Waals surface area contributed by atoms with Crippen LogP contribution < -0.4 is 0 Å². The van der Waals surface area contributed by atoms with E-state index < -0.39 is 31.2 Å². The van der Waals surface area contributed by atoms with Gasteiger partial charge in [-0.15, -0.1) is 7.49 Å². The van der Waals surface area contributed by atoms with Gasteiger partial charge in [0, 0.05) is 6.42 Å². The minimum atomic E-state index is -5.49. The van der Waals surface area contributed by atoms with Gasteiger partial charge in [-0.25, -0.2) is 4.55 Å². The average molecular weight is 446 g/mol. The molecule has 28 heavy (non-hydrogen) atoms. The van der Waals surface area contributed by atoms with Crippen LogP contribution in [0, 0.1) is 0 Å². The molecule has 164 valence electrons. The van der Waals surface area contributed by atoms with Crippen LogP contribution in [0.4, 0.5) is 13.2 Å². The molecule has 3 fully saturated rings. The Morgan fingerprint density at radius 2 is 1.29 bits per heavy atom. The van der Waals surface area contributed by atoms with Gasteiger partial charge in [0.25, 0.3) is 0 Å². The van der Waals surface area contributed by atoms with Crippen LogP contribution in [0.15, 0.2) is 0 Å². The zero-order chi connectivity index (χ0) is 20.4. The van der Waals surface area contributed by atoms with Crippen LogP contribution in [-0.2, 0) is 18.2 Å². The van der Waals surface area contributed by atoms with E-state index in [1.165, 1.54) is 0 Å². The standard InChI is InChI=1S/C19H31F3O4S2/c20-19(21,22)28(24,25)26-27(15-9-3-1-4-10-15,16-11-5-2-6-12-16)18-14-8-7-13-17(18)23/h15-16,18H,1-14H2/p+1. The molecule has 3 saturated carbocycles. The molecule has 9 heteroatoms. The van der Waals surface area contributed by atoms with Crippen LogP contribution >= 0.6 is 10.3 Å². The molecule has 4 nitrogen and oxygen atoms in total. The molecule has 0 amide bonds. The second-order valence-corrected chi connectivity index (χ2v) is 13.7. The lowest BCUT2D eigenvalue weighted by molar-refractivity contribution is -0.120. The van der Waals surface area contributed by atoms with E-state index in [1.807, 2.05) is 0 Å². The van der Waals surface area contributed by atoms with Gasteiger partial charge in [0.15, 0.2) is 5.78 Å². The highest BCUT2D eigenvalue weighted by molar-refractivity contribution is 8.32. The van der Waals surface area contributed by atoms with Gasteiger partial charge < -0.3 is 0 Å².